The highest BCUT2D eigenvalue weighted by molar-refractivity contribution is 5.87. The molecule has 44 heavy (non-hydrogen) atoms. The van der Waals surface area contributed by atoms with Crippen molar-refractivity contribution < 1.29 is 13.9 Å². The number of nitrogens with one attached hydrogen (secondary N) is 1. The van der Waals surface area contributed by atoms with Crippen LogP contribution in [-0.2, 0) is 11.8 Å². The summed E-state index contributed by atoms with van der Waals surface area (Å²) in [6.45, 7) is 5.93. The number of carbonyl (C=O) groups is 1. The van der Waals surface area contributed by atoms with Crippen molar-refractivity contribution >= 4 is 39.6 Å². The molecule has 1 aliphatic rings. The molecule has 0 saturated heterocycles. The van der Waals surface area contributed by atoms with E-state index in [1.807, 2.05) is 30.8 Å². The van der Waals surface area contributed by atoms with Crippen LogP contribution in [0.3, 0.4) is 0 Å². The van der Waals surface area contributed by atoms with E-state index in [9.17, 15) is 4.79 Å². The first-order valence-electron chi connectivity index (χ1n) is 14.8. The number of likely N-dealkylation sites (N-methyl/N-ethyl adjacent to an activating group) is 1. The molecule has 1 amide bonds. The van der Waals surface area contributed by atoms with Crippen molar-refractivity contribution in [1.82, 2.24) is 34.4 Å². The van der Waals surface area contributed by atoms with E-state index in [2.05, 4.69) is 31.8 Å². The van der Waals surface area contributed by atoms with Crippen LogP contribution in [0.15, 0.2) is 61.8 Å². The predicted molar refractivity (Wildman–Crippen MR) is 167 cm³/mol. The van der Waals surface area contributed by atoms with E-state index in [0.29, 0.717) is 46.0 Å². The zero-order chi connectivity index (χ0) is 30.8. The summed E-state index contributed by atoms with van der Waals surface area (Å²) < 4.78 is 23.5. The Hall–Kier alpha value is -4.93. The van der Waals surface area contributed by atoms with Gasteiger partial charge in [0.05, 0.1) is 23.7 Å². The van der Waals surface area contributed by atoms with Gasteiger partial charge >= 0.3 is 0 Å². The highest BCUT2D eigenvalue weighted by atomic mass is 19.1. The van der Waals surface area contributed by atoms with Crippen LogP contribution < -0.4 is 10.1 Å². The zero-order valence-electron chi connectivity index (χ0n) is 25.1. The van der Waals surface area contributed by atoms with Crippen LogP contribution in [0.2, 0.25) is 0 Å². The van der Waals surface area contributed by atoms with Gasteiger partial charge in [-0.15, -0.1) is 0 Å². The first kappa shape index (κ1) is 29.2. The second-order valence-electron chi connectivity index (χ2n) is 11.4. The molecule has 1 saturated carbocycles. The molecule has 0 bridgehead atoms. The smallest absolute Gasteiger partial charge is 0.245 e. The third-order valence-corrected chi connectivity index (χ3v) is 8.45. The number of ether oxygens (including phenoxy) is 1. The lowest BCUT2D eigenvalue weighted by molar-refractivity contribution is -0.125. The molecule has 1 aromatic carbocycles. The maximum atomic E-state index is 15.7. The van der Waals surface area contributed by atoms with Gasteiger partial charge in [-0.05, 0) is 56.0 Å². The third-order valence-electron chi connectivity index (χ3n) is 8.45. The number of nitrogens with zero attached hydrogens (tertiary/aromatic N) is 7. The summed E-state index contributed by atoms with van der Waals surface area (Å²) in [4.78, 5) is 36.6. The minimum absolute atomic E-state index is 0.0842. The molecule has 226 valence electrons. The molecule has 5 aromatic rings. The predicted octanol–water partition coefficient (Wildman–Crippen LogP) is 6.60. The largest absolute Gasteiger partial charge is 0.455 e. The van der Waals surface area contributed by atoms with E-state index < -0.39 is 5.82 Å². The fourth-order valence-corrected chi connectivity index (χ4v) is 6.03. The van der Waals surface area contributed by atoms with Crippen molar-refractivity contribution in [3.05, 3.63) is 78.9 Å². The van der Waals surface area contributed by atoms with Crippen molar-refractivity contribution in [2.45, 2.75) is 44.9 Å². The van der Waals surface area contributed by atoms with Crippen LogP contribution in [0.5, 0.6) is 11.5 Å². The summed E-state index contributed by atoms with van der Waals surface area (Å²) in [6, 6.07) is 9.07. The van der Waals surface area contributed by atoms with Crippen LogP contribution >= 0.6 is 0 Å². The number of pyridine rings is 2. The van der Waals surface area contributed by atoms with Crippen LogP contribution in [0, 0.1) is 18.7 Å². The average Bonchev–Trinajstić information content (AvgIpc) is 3.24. The molecular formula is C33H35FN8O2. The van der Waals surface area contributed by atoms with Gasteiger partial charge in [0.1, 0.15) is 28.9 Å². The van der Waals surface area contributed by atoms with E-state index in [1.54, 1.807) is 42.5 Å². The fourth-order valence-electron chi connectivity index (χ4n) is 6.03. The molecule has 4 aromatic heterocycles. The molecule has 4 heterocycles. The Bertz CT molecular complexity index is 1860. The Labute approximate surface area is 255 Å². The summed E-state index contributed by atoms with van der Waals surface area (Å²) in [5, 5.41) is 3.15. The molecule has 0 spiro atoms. The summed E-state index contributed by atoms with van der Waals surface area (Å²) in [7, 11) is 3.69. The first-order valence-corrected chi connectivity index (χ1v) is 14.8. The standard InChI is InChI=1S/C33H35FN8O2/c1-5-29(43)41(3)17-21-9-7-6-8-10-23(21)24-11-12-26-31(39-24)32(37-18-36-26)40-25-13-14-28(20(2)30(25)34)44-22-15-27-33(35-16-22)42(4)19-38-27/h5,11-16,18-19,21,23H,1,6-10,17H2,2-4H3,(H,36,37,40)/t21?,23-/m1/s1. The summed E-state index contributed by atoms with van der Waals surface area (Å²) in [5.74, 6) is 1.14. The molecule has 1 unspecified atom stereocenters. The van der Waals surface area contributed by atoms with Gasteiger partial charge in [-0.3, -0.25) is 4.79 Å². The normalized spacial score (nSPS) is 16.9. The average molecular weight is 595 g/mol. The highest BCUT2D eigenvalue weighted by Crippen LogP contribution is 2.38. The summed E-state index contributed by atoms with van der Waals surface area (Å²) in [5.41, 5.74) is 4.16. The van der Waals surface area contributed by atoms with Gasteiger partial charge in [-0.1, -0.05) is 25.8 Å². The van der Waals surface area contributed by atoms with E-state index in [4.69, 9.17) is 9.72 Å². The number of imidazole rings is 1. The molecular weight excluding hydrogens is 559 g/mol. The fraction of sp³-hybridized carbons (Fsp3) is 0.333. The number of aryl methyl sites for hydroxylation is 1. The number of anilines is 2. The SMILES string of the molecule is C=CC(=O)N(C)CC1CCCCC[C@H]1c1ccc2ncnc(Nc3ccc(Oc4cnc5c(c4)ncn5C)c(C)c3F)c2n1. The van der Waals surface area contributed by atoms with Crippen molar-refractivity contribution in [3.8, 4) is 11.5 Å². The molecule has 11 heteroatoms. The Morgan fingerprint density at radius 3 is 2.82 bits per heavy atom. The Morgan fingerprint density at radius 2 is 1.98 bits per heavy atom. The minimum atomic E-state index is -0.462. The molecule has 0 aliphatic heterocycles. The summed E-state index contributed by atoms with van der Waals surface area (Å²) in [6.07, 6.45) is 11.4. The lowest BCUT2D eigenvalue weighted by atomic mass is 9.84. The van der Waals surface area contributed by atoms with E-state index in [-0.39, 0.29) is 23.4 Å². The monoisotopic (exact) mass is 594 g/mol. The van der Waals surface area contributed by atoms with E-state index in [0.717, 1.165) is 43.4 Å². The minimum Gasteiger partial charge on any atom is -0.455 e. The maximum Gasteiger partial charge on any atom is 0.245 e. The quantitative estimate of drug-likeness (QED) is 0.158. The lowest BCUT2D eigenvalue weighted by Crippen LogP contribution is -2.33. The Morgan fingerprint density at radius 1 is 1.14 bits per heavy atom. The van der Waals surface area contributed by atoms with Crippen molar-refractivity contribution in [1.29, 1.82) is 0 Å². The number of halogens is 1. The lowest BCUT2D eigenvalue weighted by Gasteiger charge is -2.29. The van der Waals surface area contributed by atoms with E-state index >= 15 is 4.39 Å². The topological polar surface area (TPSA) is 111 Å². The molecule has 1 N–H and O–H groups in total. The molecule has 0 radical (unpaired) electrons. The van der Waals surface area contributed by atoms with Gasteiger partial charge < -0.3 is 19.5 Å². The number of hydrogen-bond donors (Lipinski definition) is 1. The van der Waals surface area contributed by atoms with Crippen LogP contribution in [0.4, 0.5) is 15.9 Å². The van der Waals surface area contributed by atoms with Gasteiger partial charge in [0.25, 0.3) is 0 Å². The molecule has 1 aliphatic carbocycles. The molecule has 10 nitrogen and oxygen atoms in total. The van der Waals surface area contributed by atoms with E-state index in [1.165, 1.54) is 12.4 Å². The number of benzene rings is 1. The van der Waals surface area contributed by atoms with Crippen molar-refractivity contribution in [2.75, 3.05) is 18.9 Å². The number of amides is 1. The number of fused-ring (bicyclic) bond motifs is 2. The second kappa shape index (κ2) is 12.4. The highest BCUT2D eigenvalue weighted by Gasteiger charge is 2.28. The van der Waals surface area contributed by atoms with Crippen LogP contribution in [0.1, 0.15) is 49.3 Å². The Kier molecular flexibility index (Phi) is 8.19. The molecule has 6 rings (SSSR count). The van der Waals surface area contributed by atoms with Crippen LogP contribution in [-0.4, -0.2) is 53.9 Å². The Balaban J connectivity index is 1.27. The number of aromatic nitrogens is 6. The van der Waals surface area contributed by atoms with Gasteiger partial charge in [0.2, 0.25) is 5.91 Å². The van der Waals surface area contributed by atoms with Gasteiger partial charge in [-0.25, -0.2) is 29.3 Å². The number of carbonyl (C=O) groups excluding carboxylic acids is 1. The number of rotatable bonds is 8. The van der Waals surface area contributed by atoms with Crippen molar-refractivity contribution in [2.24, 2.45) is 13.0 Å². The maximum absolute atomic E-state index is 15.7. The molecule has 2 atom stereocenters. The van der Waals surface area contributed by atoms with Gasteiger partial charge in [0.15, 0.2) is 17.3 Å². The second-order valence-corrected chi connectivity index (χ2v) is 11.4. The third kappa shape index (κ3) is 5.82. The van der Waals surface area contributed by atoms with Crippen molar-refractivity contribution in [3.63, 3.8) is 0 Å². The first-order chi connectivity index (χ1) is 21.3. The number of hydrogen-bond acceptors (Lipinski definition) is 8. The van der Waals surface area contributed by atoms with Gasteiger partial charge in [0, 0.05) is 43.9 Å². The molecule has 1 fully saturated rings. The zero-order valence-corrected chi connectivity index (χ0v) is 25.1. The van der Waals surface area contributed by atoms with Gasteiger partial charge in [-0.2, -0.15) is 0 Å². The van der Waals surface area contributed by atoms with Crippen LogP contribution in [0.25, 0.3) is 22.2 Å². The summed E-state index contributed by atoms with van der Waals surface area (Å²) >= 11 is 0.